The van der Waals surface area contributed by atoms with E-state index in [1.165, 1.54) is 7.11 Å². The molecule has 1 amide bonds. The number of aryl methyl sites for hydroxylation is 1. The van der Waals surface area contributed by atoms with Gasteiger partial charge < -0.3 is 10.1 Å². The second kappa shape index (κ2) is 8.30. The van der Waals surface area contributed by atoms with E-state index in [1.54, 1.807) is 18.2 Å². The number of nitrogens with zero attached hydrogens (tertiary/aromatic N) is 1. The first-order valence-electron chi connectivity index (χ1n) is 7.54. The lowest BCUT2D eigenvalue weighted by Crippen LogP contribution is -2.14. The van der Waals surface area contributed by atoms with E-state index in [4.69, 9.17) is 4.74 Å². The summed E-state index contributed by atoms with van der Waals surface area (Å²) < 4.78 is 43.3. The summed E-state index contributed by atoms with van der Waals surface area (Å²) in [6.45, 7) is 1.84. The van der Waals surface area contributed by atoms with Gasteiger partial charge in [0.1, 0.15) is 5.75 Å². The number of amides is 1. The average Bonchev–Trinajstić information content (AvgIpc) is 2.60. The smallest absolute Gasteiger partial charge is 0.416 e. The fraction of sp³-hybridized carbons (Fsp3) is 0.235. The van der Waals surface area contributed by atoms with Gasteiger partial charge in [-0.15, -0.1) is 11.8 Å². The van der Waals surface area contributed by atoms with Crippen LogP contribution in [0.25, 0.3) is 0 Å². The van der Waals surface area contributed by atoms with E-state index < -0.39 is 28.3 Å². The highest BCUT2D eigenvalue weighted by Crippen LogP contribution is 2.36. The number of halogens is 3. The monoisotopic (exact) mass is 400 g/mol. The van der Waals surface area contributed by atoms with Crippen molar-refractivity contribution < 1.29 is 27.6 Å². The predicted molar refractivity (Wildman–Crippen MR) is 95.2 cm³/mol. The Hall–Kier alpha value is -2.75. The first kappa shape index (κ1) is 20.6. The second-order valence-corrected chi connectivity index (χ2v) is 6.48. The quantitative estimate of drug-likeness (QED) is 0.433. The van der Waals surface area contributed by atoms with Crippen molar-refractivity contribution in [3.8, 4) is 5.75 Å². The van der Waals surface area contributed by atoms with Crippen molar-refractivity contribution in [2.45, 2.75) is 18.0 Å². The maximum absolute atomic E-state index is 12.7. The van der Waals surface area contributed by atoms with E-state index in [2.05, 4.69) is 5.32 Å². The standard InChI is InChI=1S/C17H15F3N2O4S/c1-10-3-5-12(8-14(10)26-2)21-16(23)9-27-15-6-4-11(17(18,19)20)7-13(15)22(24)25/h3-8H,9H2,1-2H3,(H,21,23). The summed E-state index contributed by atoms with van der Waals surface area (Å²) in [5, 5.41) is 13.7. The first-order valence-corrected chi connectivity index (χ1v) is 8.53. The van der Waals surface area contributed by atoms with Crippen LogP contribution < -0.4 is 10.1 Å². The Bertz CT molecular complexity index is 872. The highest BCUT2D eigenvalue weighted by atomic mass is 32.2. The molecule has 6 nitrogen and oxygen atoms in total. The number of methoxy groups -OCH3 is 1. The molecular weight excluding hydrogens is 385 g/mol. The lowest BCUT2D eigenvalue weighted by Gasteiger charge is -2.10. The highest BCUT2D eigenvalue weighted by Gasteiger charge is 2.33. The average molecular weight is 400 g/mol. The first-order chi connectivity index (χ1) is 12.6. The number of benzene rings is 2. The normalized spacial score (nSPS) is 11.1. The maximum Gasteiger partial charge on any atom is 0.416 e. The van der Waals surface area contributed by atoms with E-state index in [1.807, 2.05) is 6.92 Å². The number of nitrogens with one attached hydrogen (secondary N) is 1. The minimum atomic E-state index is -4.68. The molecule has 0 radical (unpaired) electrons. The Morgan fingerprint density at radius 3 is 2.56 bits per heavy atom. The van der Waals surface area contributed by atoms with Gasteiger partial charge in [0.25, 0.3) is 5.69 Å². The SMILES string of the molecule is COc1cc(NC(=O)CSc2ccc(C(F)(F)F)cc2[N+](=O)[O-])ccc1C. The Labute approximate surface area is 156 Å². The fourth-order valence-corrected chi connectivity index (χ4v) is 3.00. The van der Waals surface area contributed by atoms with E-state index in [0.29, 0.717) is 17.5 Å². The molecule has 2 rings (SSSR count). The largest absolute Gasteiger partial charge is 0.496 e. The van der Waals surface area contributed by atoms with Gasteiger partial charge in [0.05, 0.1) is 28.2 Å². The van der Waals surface area contributed by atoms with Crippen molar-refractivity contribution >= 4 is 29.0 Å². The molecule has 0 unspecified atom stereocenters. The molecule has 27 heavy (non-hydrogen) atoms. The van der Waals surface area contributed by atoms with Crippen LogP contribution in [0.1, 0.15) is 11.1 Å². The van der Waals surface area contributed by atoms with E-state index >= 15 is 0 Å². The van der Waals surface area contributed by atoms with Gasteiger partial charge in [0.15, 0.2) is 0 Å². The Balaban J connectivity index is 2.09. The lowest BCUT2D eigenvalue weighted by molar-refractivity contribution is -0.388. The summed E-state index contributed by atoms with van der Waals surface area (Å²) in [6.07, 6.45) is -4.68. The fourth-order valence-electron chi connectivity index (χ4n) is 2.20. The number of alkyl halides is 3. The van der Waals surface area contributed by atoms with Crippen LogP contribution in [0, 0.1) is 17.0 Å². The van der Waals surface area contributed by atoms with Crippen molar-refractivity contribution in [2.75, 3.05) is 18.2 Å². The maximum atomic E-state index is 12.7. The molecule has 0 saturated heterocycles. The molecular formula is C17H15F3N2O4S. The number of carbonyl (C=O) groups excluding carboxylic acids is 1. The summed E-state index contributed by atoms with van der Waals surface area (Å²) in [7, 11) is 1.49. The molecule has 0 aliphatic heterocycles. The van der Waals surface area contributed by atoms with Crippen LogP contribution in [0.2, 0.25) is 0 Å². The number of hydrogen-bond donors (Lipinski definition) is 1. The molecule has 144 valence electrons. The molecule has 1 N–H and O–H groups in total. The van der Waals surface area contributed by atoms with Crippen LogP contribution in [0.4, 0.5) is 24.5 Å². The van der Waals surface area contributed by atoms with Crippen LogP contribution in [-0.4, -0.2) is 23.7 Å². The number of thioether (sulfide) groups is 1. The van der Waals surface area contributed by atoms with Gasteiger partial charge in [-0.1, -0.05) is 6.07 Å². The third-order valence-corrected chi connectivity index (χ3v) is 4.60. The van der Waals surface area contributed by atoms with Gasteiger partial charge in [-0.2, -0.15) is 13.2 Å². The minimum Gasteiger partial charge on any atom is -0.496 e. The van der Waals surface area contributed by atoms with Crippen LogP contribution in [0.15, 0.2) is 41.3 Å². The third kappa shape index (κ3) is 5.36. The van der Waals surface area contributed by atoms with Gasteiger partial charge in [-0.05, 0) is 30.7 Å². The number of rotatable bonds is 6. The minimum absolute atomic E-state index is 0.0235. The molecule has 2 aromatic carbocycles. The molecule has 0 heterocycles. The Morgan fingerprint density at radius 2 is 1.96 bits per heavy atom. The number of anilines is 1. The Morgan fingerprint density at radius 1 is 1.26 bits per heavy atom. The zero-order valence-corrected chi connectivity index (χ0v) is 15.1. The molecule has 0 fully saturated rings. The molecule has 0 spiro atoms. The summed E-state index contributed by atoms with van der Waals surface area (Å²) in [6, 6.07) is 7.25. The van der Waals surface area contributed by atoms with Crippen LogP contribution in [-0.2, 0) is 11.0 Å². The number of hydrogen-bond acceptors (Lipinski definition) is 5. The summed E-state index contributed by atoms with van der Waals surface area (Å²) in [5.41, 5.74) is -0.454. The van der Waals surface area contributed by atoms with Gasteiger partial charge in [0.2, 0.25) is 5.91 Å². The number of carbonyl (C=O) groups is 1. The number of nitro benzene ring substituents is 1. The molecule has 0 aliphatic carbocycles. The van der Waals surface area contributed by atoms with E-state index in [-0.39, 0.29) is 10.6 Å². The molecule has 0 aromatic heterocycles. The molecule has 0 aliphatic rings. The number of nitro groups is 1. The zero-order valence-electron chi connectivity index (χ0n) is 14.3. The number of ether oxygens (including phenoxy) is 1. The summed E-state index contributed by atoms with van der Waals surface area (Å²) >= 11 is 0.783. The topological polar surface area (TPSA) is 81.5 Å². The third-order valence-electron chi connectivity index (χ3n) is 3.53. The summed E-state index contributed by atoms with van der Waals surface area (Å²) in [4.78, 5) is 22.2. The van der Waals surface area contributed by atoms with Crippen LogP contribution in [0.5, 0.6) is 5.75 Å². The van der Waals surface area contributed by atoms with Gasteiger partial charge >= 0.3 is 6.18 Å². The van der Waals surface area contributed by atoms with Gasteiger partial charge in [-0.3, -0.25) is 14.9 Å². The van der Waals surface area contributed by atoms with Gasteiger partial charge in [-0.25, -0.2) is 0 Å². The van der Waals surface area contributed by atoms with Crippen molar-refractivity contribution in [3.05, 3.63) is 57.6 Å². The van der Waals surface area contributed by atoms with Crippen molar-refractivity contribution in [3.63, 3.8) is 0 Å². The van der Waals surface area contributed by atoms with E-state index in [0.717, 1.165) is 29.5 Å². The molecule has 2 aromatic rings. The molecule has 0 atom stereocenters. The summed E-state index contributed by atoms with van der Waals surface area (Å²) in [5.74, 6) is -0.0819. The highest BCUT2D eigenvalue weighted by molar-refractivity contribution is 8.00. The second-order valence-electron chi connectivity index (χ2n) is 5.46. The molecule has 10 heteroatoms. The van der Waals surface area contributed by atoms with Crippen molar-refractivity contribution in [2.24, 2.45) is 0 Å². The van der Waals surface area contributed by atoms with Crippen LogP contribution in [0.3, 0.4) is 0 Å². The lowest BCUT2D eigenvalue weighted by atomic mass is 10.2. The molecule has 0 bridgehead atoms. The zero-order chi connectivity index (χ0) is 20.2. The van der Waals surface area contributed by atoms with Gasteiger partial charge in [0, 0.05) is 17.8 Å². The van der Waals surface area contributed by atoms with E-state index in [9.17, 15) is 28.1 Å². The Kier molecular flexibility index (Phi) is 6.32. The van der Waals surface area contributed by atoms with Crippen molar-refractivity contribution in [1.29, 1.82) is 0 Å². The predicted octanol–water partition coefficient (Wildman–Crippen LogP) is 4.66. The van der Waals surface area contributed by atoms with Crippen molar-refractivity contribution in [1.82, 2.24) is 0 Å². The van der Waals surface area contributed by atoms with Crippen LogP contribution >= 0.6 is 11.8 Å². The molecule has 0 saturated carbocycles.